The van der Waals surface area contributed by atoms with Crippen LogP contribution in [-0.2, 0) is 9.47 Å². The molecule has 1 rings (SSSR count). The van der Waals surface area contributed by atoms with Gasteiger partial charge in [0.25, 0.3) is 0 Å². The Labute approximate surface area is 124 Å². The van der Waals surface area contributed by atoms with E-state index in [0.717, 1.165) is 5.56 Å². The Bertz CT molecular complexity index is 546. The van der Waals surface area contributed by atoms with Gasteiger partial charge in [-0.25, -0.2) is 9.59 Å². The standard InChI is InChI=1S/C15H21NO5/c1-9-7-11(16-14(18)21-15(2,3)4)10(13(17)20-6)8-12(9)19-5/h7-8H,1-6H3,(H,16,18). The number of rotatable bonds is 3. The topological polar surface area (TPSA) is 73.9 Å². The maximum atomic E-state index is 11.8. The summed E-state index contributed by atoms with van der Waals surface area (Å²) in [4.78, 5) is 23.7. The molecule has 6 heteroatoms. The zero-order valence-electron chi connectivity index (χ0n) is 13.2. The van der Waals surface area contributed by atoms with Crippen molar-refractivity contribution >= 4 is 17.7 Å². The molecule has 0 saturated heterocycles. The molecule has 0 spiro atoms. The van der Waals surface area contributed by atoms with Crippen LogP contribution in [-0.4, -0.2) is 31.9 Å². The van der Waals surface area contributed by atoms with Gasteiger partial charge in [-0.2, -0.15) is 0 Å². The molecule has 116 valence electrons. The summed E-state index contributed by atoms with van der Waals surface area (Å²) in [5, 5.41) is 2.56. The molecule has 1 amide bonds. The second-order valence-electron chi connectivity index (χ2n) is 5.49. The molecule has 1 aromatic rings. The van der Waals surface area contributed by atoms with Gasteiger partial charge in [0, 0.05) is 0 Å². The smallest absolute Gasteiger partial charge is 0.412 e. The van der Waals surface area contributed by atoms with E-state index >= 15 is 0 Å². The number of esters is 1. The lowest BCUT2D eigenvalue weighted by atomic mass is 10.1. The zero-order valence-corrected chi connectivity index (χ0v) is 13.2. The van der Waals surface area contributed by atoms with Crippen LogP contribution < -0.4 is 10.1 Å². The Morgan fingerprint density at radius 2 is 1.76 bits per heavy atom. The number of hydrogen-bond donors (Lipinski definition) is 1. The lowest BCUT2D eigenvalue weighted by molar-refractivity contribution is 0.0601. The summed E-state index contributed by atoms with van der Waals surface area (Å²) in [5.74, 6) is -0.0375. The molecule has 0 unspecified atom stereocenters. The molecule has 21 heavy (non-hydrogen) atoms. The van der Waals surface area contributed by atoms with E-state index in [9.17, 15) is 9.59 Å². The third-order valence-electron chi connectivity index (χ3n) is 2.58. The molecule has 0 aliphatic heterocycles. The summed E-state index contributed by atoms with van der Waals surface area (Å²) in [6, 6.07) is 3.16. The molecule has 0 atom stereocenters. The number of hydrogen-bond acceptors (Lipinski definition) is 5. The van der Waals surface area contributed by atoms with Crippen molar-refractivity contribution in [3.63, 3.8) is 0 Å². The van der Waals surface area contributed by atoms with E-state index in [0.29, 0.717) is 11.4 Å². The second-order valence-corrected chi connectivity index (χ2v) is 5.49. The van der Waals surface area contributed by atoms with Crippen LogP contribution >= 0.6 is 0 Å². The molecule has 0 aromatic heterocycles. The first-order chi connectivity index (χ1) is 9.67. The monoisotopic (exact) mass is 295 g/mol. The zero-order chi connectivity index (χ0) is 16.2. The van der Waals surface area contributed by atoms with Gasteiger partial charge in [-0.1, -0.05) is 0 Å². The average Bonchev–Trinajstić information content (AvgIpc) is 2.35. The Morgan fingerprint density at radius 3 is 2.24 bits per heavy atom. The predicted octanol–water partition coefficient (Wildman–Crippen LogP) is 3.14. The summed E-state index contributed by atoms with van der Waals surface area (Å²) >= 11 is 0. The minimum Gasteiger partial charge on any atom is -0.496 e. The number of ether oxygens (including phenoxy) is 3. The van der Waals surface area contributed by atoms with Crippen LogP contribution in [0.1, 0.15) is 36.7 Å². The van der Waals surface area contributed by atoms with Crippen molar-refractivity contribution < 1.29 is 23.8 Å². The fourth-order valence-electron chi connectivity index (χ4n) is 1.70. The van der Waals surface area contributed by atoms with Crippen molar-refractivity contribution in [1.29, 1.82) is 0 Å². The summed E-state index contributed by atoms with van der Waals surface area (Å²) < 4.78 is 15.1. The normalized spacial score (nSPS) is 10.8. The van der Waals surface area contributed by atoms with Crippen LogP contribution in [0.15, 0.2) is 12.1 Å². The van der Waals surface area contributed by atoms with E-state index in [1.165, 1.54) is 20.3 Å². The van der Waals surface area contributed by atoms with Crippen LogP contribution in [0.5, 0.6) is 5.75 Å². The molecule has 0 aliphatic carbocycles. The molecular weight excluding hydrogens is 274 g/mol. The predicted molar refractivity (Wildman–Crippen MR) is 78.9 cm³/mol. The Morgan fingerprint density at radius 1 is 1.14 bits per heavy atom. The van der Waals surface area contributed by atoms with Gasteiger partial charge in [0.05, 0.1) is 25.5 Å². The van der Waals surface area contributed by atoms with Crippen molar-refractivity contribution in [3.8, 4) is 5.75 Å². The highest BCUT2D eigenvalue weighted by molar-refractivity contribution is 6.00. The molecular formula is C15H21NO5. The van der Waals surface area contributed by atoms with Crippen LogP contribution in [0.25, 0.3) is 0 Å². The highest BCUT2D eigenvalue weighted by Crippen LogP contribution is 2.27. The van der Waals surface area contributed by atoms with Crippen molar-refractivity contribution in [3.05, 3.63) is 23.3 Å². The highest BCUT2D eigenvalue weighted by Gasteiger charge is 2.20. The van der Waals surface area contributed by atoms with Gasteiger partial charge in [0.2, 0.25) is 0 Å². The van der Waals surface area contributed by atoms with E-state index in [1.54, 1.807) is 33.8 Å². The number of carbonyl (C=O) groups excluding carboxylic acids is 2. The molecule has 1 aromatic carbocycles. The van der Waals surface area contributed by atoms with E-state index in [4.69, 9.17) is 14.2 Å². The lowest BCUT2D eigenvalue weighted by Gasteiger charge is -2.20. The number of methoxy groups -OCH3 is 2. The SMILES string of the molecule is COC(=O)c1cc(OC)c(C)cc1NC(=O)OC(C)(C)C. The third kappa shape index (κ3) is 4.66. The van der Waals surface area contributed by atoms with Gasteiger partial charge in [-0.05, 0) is 45.4 Å². The van der Waals surface area contributed by atoms with Gasteiger partial charge in [-0.15, -0.1) is 0 Å². The lowest BCUT2D eigenvalue weighted by Crippen LogP contribution is -2.27. The number of amides is 1. The number of aryl methyl sites for hydroxylation is 1. The van der Waals surface area contributed by atoms with E-state index in [2.05, 4.69) is 5.32 Å². The van der Waals surface area contributed by atoms with Crippen LogP contribution in [0, 0.1) is 6.92 Å². The maximum absolute atomic E-state index is 11.8. The van der Waals surface area contributed by atoms with Crippen molar-refractivity contribution in [2.75, 3.05) is 19.5 Å². The third-order valence-corrected chi connectivity index (χ3v) is 2.58. The van der Waals surface area contributed by atoms with Gasteiger partial charge in [0.15, 0.2) is 0 Å². The molecule has 6 nitrogen and oxygen atoms in total. The van der Waals surface area contributed by atoms with Crippen LogP contribution in [0.4, 0.5) is 10.5 Å². The minimum absolute atomic E-state index is 0.200. The van der Waals surface area contributed by atoms with Crippen LogP contribution in [0.3, 0.4) is 0 Å². The molecule has 0 bridgehead atoms. The van der Waals surface area contributed by atoms with E-state index in [-0.39, 0.29) is 5.56 Å². The van der Waals surface area contributed by atoms with Crippen molar-refractivity contribution in [2.45, 2.75) is 33.3 Å². The van der Waals surface area contributed by atoms with Crippen molar-refractivity contribution in [2.24, 2.45) is 0 Å². The summed E-state index contributed by atoms with van der Waals surface area (Å²) in [6.07, 6.45) is -0.641. The first kappa shape index (κ1) is 16.8. The van der Waals surface area contributed by atoms with E-state index < -0.39 is 17.7 Å². The molecule has 0 saturated carbocycles. The van der Waals surface area contributed by atoms with E-state index in [1.807, 2.05) is 0 Å². The van der Waals surface area contributed by atoms with Gasteiger partial charge in [-0.3, -0.25) is 5.32 Å². The quantitative estimate of drug-likeness (QED) is 0.867. The largest absolute Gasteiger partial charge is 0.496 e. The first-order valence-corrected chi connectivity index (χ1v) is 6.45. The summed E-state index contributed by atoms with van der Waals surface area (Å²) in [5.41, 5.74) is 0.660. The Balaban J connectivity index is 3.13. The second kappa shape index (κ2) is 6.47. The van der Waals surface area contributed by atoms with Gasteiger partial charge < -0.3 is 14.2 Å². The average molecular weight is 295 g/mol. The van der Waals surface area contributed by atoms with Gasteiger partial charge >= 0.3 is 12.1 Å². The van der Waals surface area contributed by atoms with Gasteiger partial charge in [0.1, 0.15) is 11.4 Å². The number of carbonyl (C=O) groups is 2. The molecule has 0 fully saturated rings. The Hall–Kier alpha value is -2.24. The molecule has 1 N–H and O–H groups in total. The first-order valence-electron chi connectivity index (χ1n) is 6.45. The number of nitrogens with one attached hydrogen (secondary N) is 1. The van der Waals surface area contributed by atoms with Crippen molar-refractivity contribution in [1.82, 2.24) is 0 Å². The molecule has 0 radical (unpaired) electrons. The number of anilines is 1. The minimum atomic E-state index is -0.641. The summed E-state index contributed by atoms with van der Waals surface area (Å²) in [6.45, 7) is 7.08. The Kier molecular flexibility index (Phi) is 5.18. The van der Waals surface area contributed by atoms with Crippen LogP contribution in [0.2, 0.25) is 0 Å². The fourth-order valence-corrected chi connectivity index (χ4v) is 1.70. The summed E-state index contributed by atoms with van der Waals surface area (Å²) in [7, 11) is 2.77. The molecule has 0 heterocycles. The highest BCUT2D eigenvalue weighted by atomic mass is 16.6. The fraction of sp³-hybridized carbons (Fsp3) is 0.467. The molecule has 0 aliphatic rings. The maximum Gasteiger partial charge on any atom is 0.412 e. The number of benzene rings is 1.